The van der Waals surface area contributed by atoms with Crippen molar-refractivity contribution in [2.45, 2.75) is 44.9 Å². The number of carbonyl (C=O) groups excluding carboxylic acids is 2. The van der Waals surface area contributed by atoms with Crippen LogP contribution in [-0.2, 0) is 28.5 Å². The van der Waals surface area contributed by atoms with Gasteiger partial charge in [0.15, 0.2) is 12.4 Å². The number of esters is 2. The molecule has 18 heavy (non-hydrogen) atoms. The summed E-state index contributed by atoms with van der Waals surface area (Å²) in [5, 5.41) is 0. The highest BCUT2D eigenvalue weighted by Gasteiger charge is 2.42. The van der Waals surface area contributed by atoms with Crippen molar-refractivity contribution in [2.75, 3.05) is 11.5 Å². The lowest BCUT2D eigenvalue weighted by Gasteiger charge is -2.39. The Labute approximate surface area is 119 Å². The van der Waals surface area contributed by atoms with Crippen LogP contribution in [0.5, 0.6) is 0 Å². The number of hydrogen-bond donors (Lipinski definition) is 0. The molecule has 0 aromatic carbocycles. The SMILES string of the molecule is CO[C@H]1O[C@H](CI)C[C@H](OC(C)=O)[C@H]1OC(C)=O. The number of ether oxygens (including phenoxy) is 4. The van der Waals surface area contributed by atoms with E-state index in [0.717, 1.165) is 4.43 Å². The van der Waals surface area contributed by atoms with Crippen LogP contribution in [-0.4, -0.2) is 48.1 Å². The normalized spacial score (nSPS) is 31.8. The first kappa shape index (κ1) is 15.6. The van der Waals surface area contributed by atoms with Crippen molar-refractivity contribution in [3.8, 4) is 0 Å². The standard InChI is InChI=1S/C11H17IO6/c1-6(13)16-9-4-8(5-12)18-11(15-3)10(9)17-7(2)14/h8-11H,4-5H2,1-3H3/t8-,9-,10+,11-/m0/s1. The van der Waals surface area contributed by atoms with Crippen molar-refractivity contribution >= 4 is 34.5 Å². The smallest absolute Gasteiger partial charge is 0.303 e. The number of halogens is 1. The minimum atomic E-state index is -0.726. The average Bonchev–Trinajstić information content (AvgIpc) is 2.29. The van der Waals surface area contributed by atoms with Gasteiger partial charge in [-0.05, 0) is 0 Å². The van der Waals surface area contributed by atoms with Gasteiger partial charge in [0.25, 0.3) is 0 Å². The molecule has 0 aromatic rings. The molecule has 0 radical (unpaired) electrons. The van der Waals surface area contributed by atoms with Gasteiger partial charge in [-0.25, -0.2) is 0 Å². The van der Waals surface area contributed by atoms with Crippen molar-refractivity contribution in [3.63, 3.8) is 0 Å². The molecule has 0 saturated carbocycles. The molecular weight excluding hydrogens is 355 g/mol. The fourth-order valence-corrected chi connectivity index (χ4v) is 2.40. The van der Waals surface area contributed by atoms with Gasteiger partial charge in [0.1, 0.15) is 6.10 Å². The van der Waals surface area contributed by atoms with E-state index in [1.54, 1.807) is 0 Å². The minimum absolute atomic E-state index is 0.0910. The maximum Gasteiger partial charge on any atom is 0.303 e. The van der Waals surface area contributed by atoms with Gasteiger partial charge in [-0.3, -0.25) is 9.59 Å². The second-order valence-electron chi connectivity index (χ2n) is 3.97. The Balaban J connectivity index is 2.82. The first-order valence-electron chi connectivity index (χ1n) is 5.56. The number of methoxy groups -OCH3 is 1. The van der Waals surface area contributed by atoms with E-state index in [-0.39, 0.29) is 6.10 Å². The van der Waals surface area contributed by atoms with Gasteiger partial charge in [0.2, 0.25) is 0 Å². The molecule has 1 heterocycles. The summed E-state index contributed by atoms with van der Waals surface area (Å²) in [5.41, 5.74) is 0. The van der Waals surface area contributed by atoms with Gasteiger partial charge in [-0.2, -0.15) is 0 Å². The van der Waals surface area contributed by atoms with Gasteiger partial charge in [0, 0.05) is 31.8 Å². The van der Waals surface area contributed by atoms with Crippen molar-refractivity contribution in [1.82, 2.24) is 0 Å². The molecule has 0 aliphatic carbocycles. The van der Waals surface area contributed by atoms with Crippen molar-refractivity contribution in [2.24, 2.45) is 0 Å². The predicted octanol–water partition coefficient (Wildman–Crippen LogP) is 1.05. The Hall–Kier alpha value is -0.410. The quantitative estimate of drug-likeness (QED) is 0.417. The third kappa shape index (κ3) is 4.36. The van der Waals surface area contributed by atoms with E-state index >= 15 is 0 Å². The molecular formula is C11H17IO6. The van der Waals surface area contributed by atoms with Crippen molar-refractivity contribution < 1.29 is 28.5 Å². The maximum absolute atomic E-state index is 11.1. The third-order valence-corrected chi connectivity index (χ3v) is 3.46. The Kier molecular flexibility index (Phi) is 6.30. The summed E-state index contributed by atoms with van der Waals surface area (Å²) >= 11 is 2.18. The van der Waals surface area contributed by atoms with Crippen LogP contribution in [0.25, 0.3) is 0 Å². The Morgan fingerprint density at radius 1 is 1.28 bits per heavy atom. The second-order valence-corrected chi connectivity index (χ2v) is 4.85. The molecule has 6 nitrogen and oxygen atoms in total. The summed E-state index contributed by atoms with van der Waals surface area (Å²) in [6.07, 6.45) is -1.58. The summed E-state index contributed by atoms with van der Waals surface area (Å²) in [4.78, 5) is 22.2. The average molecular weight is 372 g/mol. The van der Waals surface area contributed by atoms with E-state index in [1.165, 1.54) is 21.0 Å². The van der Waals surface area contributed by atoms with Gasteiger partial charge in [-0.15, -0.1) is 0 Å². The third-order valence-electron chi connectivity index (χ3n) is 2.48. The molecule has 0 spiro atoms. The highest BCUT2D eigenvalue weighted by molar-refractivity contribution is 14.1. The minimum Gasteiger partial charge on any atom is -0.458 e. The lowest BCUT2D eigenvalue weighted by atomic mass is 10.0. The van der Waals surface area contributed by atoms with Gasteiger partial charge in [0.05, 0.1) is 6.10 Å². The highest BCUT2D eigenvalue weighted by Crippen LogP contribution is 2.27. The van der Waals surface area contributed by atoms with Crippen LogP contribution in [0.15, 0.2) is 0 Å². The van der Waals surface area contributed by atoms with Crippen LogP contribution in [0.4, 0.5) is 0 Å². The van der Waals surface area contributed by atoms with Gasteiger partial charge in [-0.1, -0.05) is 22.6 Å². The molecule has 1 aliphatic rings. The highest BCUT2D eigenvalue weighted by atomic mass is 127. The molecule has 0 amide bonds. The summed E-state index contributed by atoms with van der Waals surface area (Å²) < 4.78 is 21.8. The summed E-state index contributed by atoms with van der Waals surface area (Å²) in [6.45, 7) is 2.61. The maximum atomic E-state index is 11.1. The molecule has 1 saturated heterocycles. The first-order chi connectivity index (χ1) is 8.47. The molecule has 1 rings (SSSR count). The lowest BCUT2D eigenvalue weighted by molar-refractivity contribution is -0.263. The molecule has 1 fully saturated rings. The van der Waals surface area contributed by atoms with Crippen LogP contribution in [0.1, 0.15) is 20.3 Å². The zero-order chi connectivity index (χ0) is 13.7. The molecule has 0 N–H and O–H groups in total. The van der Waals surface area contributed by atoms with E-state index in [0.29, 0.717) is 6.42 Å². The Bertz CT molecular complexity index is 308. The second kappa shape index (κ2) is 7.25. The van der Waals surface area contributed by atoms with Crippen LogP contribution < -0.4 is 0 Å². The molecule has 7 heteroatoms. The lowest BCUT2D eigenvalue weighted by Crippen LogP contribution is -2.52. The molecule has 0 aromatic heterocycles. The fraction of sp³-hybridized carbons (Fsp3) is 0.818. The van der Waals surface area contributed by atoms with Crippen LogP contribution >= 0.6 is 22.6 Å². The first-order valence-corrected chi connectivity index (χ1v) is 7.09. The largest absolute Gasteiger partial charge is 0.458 e. The zero-order valence-electron chi connectivity index (χ0n) is 10.6. The zero-order valence-corrected chi connectivity index (χ0v) is 12.7. The number of rotatable bonds is 4. The molecule has 0 bridgehead atoms. The molecule has 4 atom stereocenters. The summed E-state index contributed by atoms with van der Waals surface area (Å²) in [6, 6.07) is 0. The Morgan fingerprint density at radius 3 is 2.33 bits per heavy atom. The van der Waals surface area contributed by atoms with Crippen LogP contribution in [0.3, 0.4) is 0 Å². The molecule has 0 unspecified atom stereocenters. The van der Waals surface area contributed by atoms with Crippen LogP contribution in [0, 0.1) is 0 Å². The van der Waals surface area contributed by atoms with Crippen molar-refractivity contribution in [3.05, 3.63) is 0 Å². The van der Waals surface area contributed by atoms with Crippen molar-refractivity contribution in [1.29, 1.82) is 0 Å². The van der Waals surface area contributed by atoms with Gasteiger partial charge < -0.3 is 18.9 Å². The predicted molar refractivity (Wildman–Crippen MR) is 70.3 cm³/mol. The summed E-state index contributed by atoms with van der Waals surface area (Å²) in [7, 11) is 1.46. The van der Waals surface area contributed by atoms with E-state index in [1.807, 2.05) is 0 Å². The van der Waals surface area contributed by atoms with Gasteiger partial charge >= 0.3 is 11.9 Å². The fourth-order valence-electron chi connectivity index (χ4n) is 1.83. The van der Waals surface area contributed by atoms with E-state index in [4.69, 9.17) is 18.9 Å². The number of alkyl halides is 1. The number of hydrogen-bond acceptors (Lipinski definition) is 6. The topological polar surface area (TPSA) is 71.1 Å². The van der Waals surface area contributed by atoms with Crippen LogP contribution in [0.2, 0.25) is 0 Å². The summed E-state index contributed by atoms with van der Waals surface area (Å²) in [5.74, 6) is -0.878. The molecule has 104 valence electrons. The van der Waals surface area contributed by atoms with E-state index in [2.05, 4.69) is 22.6 Å². The Morgan fingerprint density at radius 2 is 1.89 bits per heavy atom. The molecule has 1 aliphatic heterocycles. The number of carbonyl (C=O) groups is 2. The monoisotopic (exact) mass is 372 g/mol. The van der Waals surface area contributed by atoms with E-state index in [9.17, 15) is 9.59 Å². The van der Waals surface area contributed by atoms with E-state index < -0.39 is 30.4 Å².